The molecule has 0 saturated heterocycles. The summed E-state index contributed by atoms with van der Waals surface area (Å²) in [6.45, 7) is 8.29. The number of ether oxygens (including phenoxy) is 2. The number of hydrogen-bond acceptors (Lipinski definition) is 6. The zero-order chi connectivity index (χ0) is 22.6. The molecule has 2 aromatic carbocycles. The molecule has 0 bridgehead atoms. The molecular weight excluding hydrogens is 402 g/mol. The highest BCUT2D eigenvalue weighted by Gasteiger charge is 2.57. The fraction of sp³-hybridized carbons (Fsp3) is 0.391. The van der Waals surface area contributed by atoms with E-state index in [1.165, 1.54) is 11.8 Å². The maximum absolute atomic E-state index is 12.7. The Bertz CT molecular complexity index is 892. The van der Waals surface area contributed by atoms with E-state index < -0.39 is 27.8 Å². The van der Waals surface area contributed by atoms with Crippen LogP contribution in [0.1, 0.15) is 40.2 Å². The summed E-state index contributed by atoms with van der Waals surface area (Å²) in [5.41, 5.74) is 4.01. The quantitative estimate of drug-likeness (QED) is 0.465. The summed E-state index contributed by atoms with van der Waals surface area (Å²) in [5.74, 6) is -0.550. The molecule has 2 aromatic rings. The molecule has 30 heavy (non-hydrogen) atoms. The number of aliphatic carboxylic acids is 1. The zero-order valence-electron chi connectivity index (χ0n) is 18.0. The van der Waals surface area contributed by atoms with Gasteiger partial charge < -0.3 is 20.3 Å². The molecular formula is C23H29NO5S. The van der Waals surface area contributed by atoms with Gasteiger partial charge in [0.25, 0.3) is 0 Å². The van der Waals surface area contributed by atoms with Crippen LogP contribution in [0.4, 0.5) is 0 Å². The van der Waals surface area contributed by atoms with Crippen molar-refractivity contribution in [3.05, 3.63) is 60.2 Å². The maximum Gasteiger partial charge on any atom is 0.339 e. The average molecular weight is 432 g/mol. The molecule has 0 aliphatic carbocycles. The molecule has 162 valence electrons. The molecule has 0 aromatic heterocycles. The molecule has 3 N–H and O–H groups in total. The lowest BCUT2D eigenvalue weighted by molar-refractivity contribution is -0.170. The van der Waals surface area contributed by atoms with Gasteiger partial charge in [-0.2, -0.15) is 0 Å². The highest BCUT2D eigenvalue weighted by molar-refractivity contribution is 8.00. The van der Waals surface area contributed by atoms with Gasteiger partial charge in [0.1, 0.15) is 17.1 Å². The third-order valence-electron chi connectivity index (χ3n) is 4.48. The van der Waals surface area contributed by atoms with Crippen molar-refractivity contribution in [2.45, 2.75) is 56.3 Å². The molecule has 0 radical (unpaired) electrons. The molecule has 0 heterocycles. The number of carbonyl (C=O) groups excluding carboxylic acids is 1. The summed E-state index contributed by atoms with van der Waals surface area (Å²) < 4.78 is 10.0. The van der Waals surface area contributed by atoms with Crippen LogP contribution in [0.5, 0.6) is 11.5 Å². The van der Waals surface area contributed by atoms with Crippen LogP contribution in [0, 0.1) is 0 Å². The number of benzene rings is 2. The van der Waals surface area contributed by atoms with E-state index in [2.05, 4.69) is 0 Å². The first-order valence-corrected chi connectivity index (χ1v) is 10.6. The van der Waals surface area contributed by atoms with Crippen LogP contribution < -0.4 is 10.5 Å². The number of nitrogens with two attached hydrogens (primary N) is 1. The van der Waals surface area contributed by atoms with Crippen molar-refractivity contribution in [2.24, 2.45) is 5.73 Å². The van der Waals surface area contributed by atoms with Crippen LogP contribution >= 0.6 is 11.8 Å². The minimum absolute atomic E-state index is 0.439. The van der Waals surface area contributed by atoms with Crippen LogP contribution in [0.3, 0.4) is 0 Å². The smallest absolute Gasteiger partial charge is 0.339 e. The fourth-order valence-corrected chi connectivity index (χ4v) is 3.76. The van der Waals surface area contributed by atoms with Crippen molar-refractivity contribution in [3.63, 3.8) is 0 Å². The largest absolute Gasteiger partial charge is 0.479 e. The van der Waals surface area contributed by atoms with Gasteiger partial charge in [0.15, 0.2) is 0 Å². The molecule has 0 spiro atoms. The Kier molecular flexibility index (Phi) is 7.21. The minimum atomic E-state index is -2.21. The minimum Gasteiger partial charge on any atom is -0.479 e. The summed E-state index contributed by atoms with van der Waals surface area (Å²) in [7, 11) is 0. The lowest BCUT2D eigenvalue weighted by atomic mass is 9.86. The topological polar surface area (TPSA) is 98.9 Å². The van der Waals surface area contributed by atoms with Gasteiger partial charge in [-0.1, -0.05) is 30.3 Å². The van der Waals surface area contributed by atoms with Gasteiger partial charge in [0.2, 0.25) is 5.54 Å². The van der Waals surface area contributed by atoms with Crippen molar-refractivity contribution in [3.8, 4) is 11.5 Å². The SMILES string of the molecule is CC(C)(C)OC(=O)[C@](N)(C(=O)O)C(C)(C)SCc1cccc(Oc2ccccc2)c1. The molecule has 2 rings (SSSR count). The first-order valence-electron chi connectivity index (χ1n) is 9.57. The first-order chi connectivity index (χ1) is 13.8. The van der Waals surface area contributed by atoms with Crippen molar-refractivity contribution < 1.29 is 24.2 Å². The van der Waals surface area contributed by atoms with Gasteiger partial charge >= 0.3 is 11.9 Å². The Morgan fingerprint density at radius 1 is 0.967 bits per heavy atom. The summed E-state index contributed by atoms with van der Waals surface area (Å²) >= 11 is 1.27. The summed E-state index contributed by atoms with van der Waals surface area (Å²) in [5, 5.41) is 9.78. The van der Waals surface area contributed by atoms with Crippen LogP contribution in [0.2, 0.25) is 0 Å². The van der Waals surface area contributed by atoms with Crippen LogP contribution in [0.25, 0.3) is 0 Å². The summed E-state index contributed by atoms with van der Waals surface area (Å²) in [6, 6.07) is 16.9. The molecule has 0 fully saturated rings. The second-order valence-electron chi connectivity index (χ2n) is 8.48. The number of thioether (sulfide) groups is 1. The van der Waals surface area contributed by atoms with Crippen LogP contribution in [0.15, 0.2) is 54.6 Å². The Labute approximate surface area is 181 Å². The van der Waals surface area contributed by atoms with Crippen LogP contribution in [-0.2, 0) is 20.1 Å². The monoisotopic (exact) mass is 431 g/mol. The first kappa shape index (κ1) is 23.8. The van der Waals surface area contributed by atoms with Crippen molar-refractivity contribution >= 4 is 23.7 Å². The lowest BCUT2D eigenvalue weighted by Crippen LogP contribution is -2.67. The predicted molar refractivity (Wildman–Crippen MR) is 119 cm³/mol. The number of carbonyl (C=O) groups is 2. The van der Waals surface area contributed by atoms with E-state index in [-0.39, 0.29) is 0 Å². The molecule has 0 unspecified atom stereocenters. The molecule has 0 amide bonds. The van der Waals surface area contributed by atoms with Gasteiger partial charge in [-0.05, 0) is 64.4 Å². The van der Waals surface area contributed by atoms with Crippen molar-refractivity contribution in [1.29, 1.82) is 0 Å². The van der Waals surface area contributed by atoms with Crippen molar-refractivity contribution in [2.75, 3.05) is 0 Å². The number of esters is 1. The normalized spacial score (nSPS) is 13.9. The van der Waals surface area contributed by atoms with Crippen LogP contribution in [-0.4, -0.2) is 32.9 Å². The summed E-state index contributed by atoms with van der Waals surface area (Å²) in [4.78, 5) is 24.7. The molecule has 0 aliphatic rings. The van der Waals surface area contributed by atoms with E-state index in [0.29, 0.717) is 11.5 Å². The Balaban J connectivity index is 2.16. The molecule has 0 saturated carbocycles. The van der Waals surface area contributed by atoms with E-state index >= 15 is 0 Å². The third kappa shape index (κ3) is 5.77. The number of hydrogen-bond donors (Lipinski definition) is 2. The van der Waals surface area contributed by atoms with Gasteiger partial charge in [0, 0.05) is 5.75 Å². The fourth-order valence-electron chi connectivity index (χ4n) is 2.65. The third-order valence-corrected chi connectivity index (χ3v) is 6.01. The molecule has 1 atom stereocenters. The Morgan fingerprint density at radius 2 is 1.57 bits per heavy atom. The van der Waals surface area contributed by atoms with Gasteiger partial charge in [-0.15, -0.1) is 11.8 Å². The van der Waals surface area contributed by atoms with E-state index in [1.54, 1.807) is 34.6 Å². The van der Waals surface area contributed by atoms with E-state index in [9.17, 15) is 14.7 Å². The second-order valence-corrected chi connectivity index (χ2v) is 10.1. The molecule has 6 nitrogen and oxygen atoms in total. The van der Waals surface area contributed by atoms with E-state index in [1.807, 2.05) is 54.6 Å². The highest BCUT2D eigenvalue weighted by Crippen LogP contribution is 2.38. The maximum atomic E-state index is 12.7. The number of para-hydroxylation sites is 1. The van der Waals surface area contributed by atoms with E-state index in [4.69, 9.17) is 15.2 Å². The Hall–Kier alpha value is -2.51. The highest BCUT2D eigenvalue weighted by atomic mass is 32.2. The number of carboxylic acid groups (broad SMARTS) is 1. The molecule has 7 heteroatoms. The predicted octanol–water partition coefficient (Wildman–Crippen LogP) is 4.61. The number of rotatable bonds is 8. The zero-order valence-corrected chi connectivity index (χ0v) is 18.8. The molecule has 0 aliphatic heterocycles. The standard InChI is InChI=1S/C23H29NO5S/c1-21(2,3)29-20(27)23(24,19(25)26)22(4,5)30-15-16-10-9-13-18(14-16)28-17-11-7-6-8-12-17/h6-14H,15,24H2,1-5H3,(H,25,26)/t23-/m1/s1. The second kappa shape index (κ2) is 9.10. The van der Waals surface area contributed by atoms with Gasteiger partial charge in [-0.3, -0.25) is 0 Å². The lowest BCUT2D eigenvalue weighted by Gasteiger charge is -2.39. The van der Waals surface area contributed by atoms with Gasteiger partial charge in [0.05, 0.1) is 4.75 Å². The number of carboxylic acids is 1. The summed E-state index contributed by atoms with van der Waals surface area (Å²) in [6.07, 6.45) is 0. The van der Waals surface area contributed by atoms with Crippen molar-refractivity contribution in [1.82, 2.24) is 0 Å². The Morgan fingerprint density at radius 3 is 2.13 bits per heavy atom. The van der Waals surface area contributed by atoms with E-state index in [0.717, 1.165) is 11.3 Å². The average Bonchev–Trinajstić information content (AvgIpc) is 2.65. The van der Waals surface area contributed by atoms with Gasteiger partial charge in [-0.25, -0.2) is 9.59 Å².